The number of carbonyl (C=O) groups excluding carboxylic acids is 1. The van der Waals surface area contributed by atoms with Gasteiger partial charge in [-0.15, -0.1) is 0 Å². The molecule has 1 saturated heterocycles. The van der Waals surface area contributed by atoms with E-state index in [9.17, 15) is 28.9 Å². The summed E-state index contributed by atoms with van der Waals surface area (Å²) in [5, 5.41) is 35.8. The van der Waals surface area contributed by atoms with Gasteiger partial charge in [0, 0.05) is 52.0 Å². The van der Waals surface area contributed by atoms with Gasteiger partial charge >= 0.3 is 0 Å². The third-order valence-electron chi connectivity index (χ3n) is 14.7. The highest BCUT2D eigenvalue weighted by molar-refractivity contribution is 6.30. The fraction of sp³-hybridized carbons (Fsp3) is 0.575. The molecule has 48 heavy (non-hydrogen) atoms. The van der Waals surface area contributed by atoms with Crippen LogP contribution in [0.5, 0.6) is 0 Å². The number of Topliss-reactive ketones (excluding diaryl/α,β-unsaturated/α-hetero) is 1. The van der Waals surface area contributed by atoms with Crippen molar-refractivity contribution in [1.29, 1.82) is 0 Å². The predicted octanol–water partition coefficient (Wildman–Crippen LogP) is 7.38. The van der Waals surface area contributed by atoms with E-state index in [0.29, 0.717) is 62.3 Å². The second-order valence-electron chi connectivity index (χ2n) is 16.6. The number of hydrogen-bond acceptors (Lipinski definition) is 5. The second kappa shape index (κ2) is 10.8. The highest BCUT2D eigenvalue weighted by Crippen LogP contribution is 2.78. The fourth-order valence-corrected chi connectivity index (χ4v) is 12.0. The van der Waals surface area contributed by atoms with E-state index in [0.717, 1.165) is 43.4 Å². The summed E-state index contributed by atoms with van der Waals surface area (Å²) >= 11 is 6.10. The first-order valence-electron chi connectivity index (χ1n) is 17.7. The molecule has 0 amide bonds. The summed E-state index contributed by atoms with van der Waals surface area (Å²) in [5.74, 6) is -2.25. The molecule has 2 bridgehead atoms. The monoisotopic (exact) mass is 677 g/mol. The summed E-state index contributed by atoms with van der Waals surface area (Å²) in [4.78, 5) is 16.9. The Kier molecular flexibility index (Phi) is 7.37. The minimum absolute atomic E-state index is 0.0386. The van der Waals surface area contributed by atoms with Crippen molar-refractivity contribution >= 4 is 17.4 Å². The molecule has 0 radical (unpaired) electrons. The van der Waals surface area contributed by atoms with E-state index < -0.39 is 45.2 Å². The van der Waals surface area contributed by atoms with Gasteiger partial charge in [0.2, 0.25) is 0 Å². The highest BCUT2D eigenvalue weighted by atomic mass is 35.5. The number of hydrogen-bond donors (Lipinski definition) is 3. The molecule has 256 valence electrons. The zero-order valence-corrected chi connectivity index (χ0v) is 28.6. The molecule has 4 fully saturated rings. The normalized spacial score (nSPS) is 41.3. The molecule has 2 aromatic carbocycles. The van der Waals surface area contributed by atoms with E-state index in [4.69, 9.17) is 11.6 Å². The predicted molar refractivity (Wildman–Crippen MR) is 180 cm³/mol. The molecule has 2 spiro atoms. The lowest BCUT2D eigenvalue weighted by Crippen LogP contribution is -2.67. The summed E-state index contributed by atoms with van der Waals surface area (Å²) < 4.78 is 28.5. The van der Waals surface area contributed by atoms with Crippen LogP contribution in [0.15, 0.2) is 66.3 Å². The maximum Gasteiger partial charge on any atom is 0.189 e. The zero-order chi connectivity index (χ0) is 33.9. The van der Waals surface area contributed by atoms with Crippen molar-refractivity contribution in [3.63, 3.8) is 0 Å². The molecule has 6 aliphatic carbocycles. The number of likely N-dealkylation sites (tertiary alicyclic amines) is 1. The molecule has 8 atom stereocenters. The summed E-state index contributed by atoms with van der Waals surface area (Å²) in [6, 6.07) is 10.8. The number of β-amino-alcohol motifs (C(OH)–C–C–N with tert-alkyl or cyclic N) is 1. The van der Waals surface area contributed by atoms with Gasteiger partial charge in [-0.05, 0) is 111 Å². The Morgan fingerprint density at radius 2 is 1.54 bits per heavy atom. The van der Waals surface area contributed by atoms with E-state index in [1.54, 1.807) is 0 Å². The van der Waals surface area contributed by atoms with Gasteiger partial charge < -0.3 is 20.2 Å². The number of allylic oxidation sites excluding steroid dienone is 4. The first-order chi connectivity index (χ1) is 22.7. The third-order valence-corrected chi connectivity index (χ3v) is 14.9. The SMILES string of the molecule is C[C@]12CC[C@H]3[C@]4(C=C[C@@]5(C=C4C(=O)c4ccc(F)c(F)c4)CC(O)CC[C@]35C)[C@@H]1CC[C@@]2(O)CN1CCC(O)(c2ccc(Cl)cc2)CC1. The Labute approximate surface area is 286 Å². The smallest absolute Gasteiger partial charge is 0.189 e. The van der Waals surface area contributed by atoms with Crippen LogP contribution in [-0.2, 0) is 5.60 Å². The third kappa shape index (κ3) is 4.36. The Morgan fingerprint density at radius 1 is 0.875 bits per heavy atom. The topological polar surface area (TPSA) is 81.0 Å². The van der Waals surface area contributed by atoms with E-state index in [1.165, 1.54) is 6.07 Å². The Morgan fingerprint density at radius 3 is 2.25 bits per heavy atom. The quantitative estimate of drug-likeness (QED) is 0.227. The van der Waals surface area contributed by atoms with Gasteiger partial charge in [0.05, 0.1) is 17.3 Å². The summed E-state index contributed by atoms with van der Waals surface area (Å²) in [6.45, 7) is 6.33. The molecule has 1 aliphatic heterocycles. The highest BCUT2D eigenvalue weighted by Gasteiger charge is 2.74. The summed E-state index contributed by atoms with van der Waals surface area (Å²) in [6.07, 6.45) is 12.3. The van der Waals surface area contributed by atoms with E-state index in [-0.39, 0.29) is 28.6 Å². The van der Waals surface area contributed by atoms with Crippen LogP contribution < -0.4 is 0 Å². The van der Waals surface area contributed by atoms with E-state index >= 15 is 0 Å². The van der Waals surface area contributed by atoms with Crippen LogP contribution in [0.3, 0.4) is 0 Å². The lowest BCUT2D eigenvalue weighted by Gasteiger charge is -2.71. The number of benzene rings is 2. The van der Waals surface area contributed by atoms with Gasteiger partial charge in [0.1, 0.15) is 0 Å². The zero-order valence-electron chi connectivity index (χ0n) is 27.8. The fourth-order valence-electron chi connectivity index (χ4n) is 11.9. The number of carbonyl (C=O) groups is 1. The molecule has 1 heterocycles. The molecule has 9 rings (SSSR count). The number of halogens is 3. The van der Waals surface area contributed by atoms with Gasteiger partial charge in [-0.3, -0.25) is 4.79 Å². The average Bonchev–Trinajstić information content (AvgIpc) is 3.33. The van der Waals surface area contributed by atoms with Crippen molar-refractivity contribution < 1.29 is 28.9 Å². The molecule has 3 N–H and O–H groups in total. The van der Waals surface area contributed by atoms with Crippen LogP contribution in [0, 0.1) is 45.1 Å². The Bertz CT molecular complexity index is 1720. The van der Waals surface area contributed by atoms with Crippen molar-refractivity contribution in [1.82, 2.24) is 4.90 Å². The Hall–Kier alpha value is -2.42. The minimum atomic E-state index is -1.05. The maximum atomic E-state index is 14.6. The number of nitrogens with zero attached hydrogens (tertiary/aromatic N) is 1. The Balaban J connectivity index is 1.14. The number of rotatable bonds is 5. The van der Waals surface area contributed by atoms with Crippen LogP contribution in [0.25, 0.3) is 0 Å². The van der Waals surface area contributed by atoms with Crippen molar-refractivity contribution in [3.05, 3.63) is 94.0 Å². The molecular formula is C40H46ClF2NO4. The van der Waals surface area contributed by atoms with Crippen molar-refractivity contribution in [2.45, 2.75) is 88.9 Å². The molecule has 3 saturated carbocycles. The molecule has 7 aliphatic rings. The number of aliphatic hydroxyl groups excluding tert-OH is 1. The largest absolute Gasteiger partial charge is 0.393 e. The molecule has 1 unspecified atom stereocenters. The van der Waals surface area contributed by atoms with E-state index in [1.807, 2.05) is 24.3 Å². The average molecular weight is 678 g/mol. The summed E-state index contributed by atoms with van der Waals surface area (Å²) in [7, 11) is 0. The molecular weight excluding hydrogens is 632 g/mol. The van der Waals surface area contributed by atoms with Crippen LogP contribution >= 0.6 is 11.6 Å². The lowest BCUT2D eigenvalue weighted by atomic mass is 9.32. The molecule has 0 aromatic heterocycles. The standard InChI is InChI=1S/C40H46ClF2NO4/c1-35-12-9-28(45)22-37(35)15-16-40(29(23-37)34(46)25-3-8-30(42)31(43)21-25)32(35)10-13-36(2)33(40)11-14-39(36,48)24-44-19-17-38(47,18-20-44)26-4-6-27(41)7-5-26/h3-8,15-16,21,23,28,32-33,45,47-48H,9-14,17-20,22,24H2,1-2H3/t28?,32-,33-,35-,36+,37+,39-,40-/m1/s1. The first kappa shape index (κ1) is 32.8. The van der Waals surface area contributed by atoms with Crippen LogP contribution in [0.2, 0.25) is 5.02 Å². The second-order valence-corrected chi connectivity index (χ2v) is 17.0. The van der Waals surface area contributed by atoms with Gasteiger partial charge in [0.25, 0.3) is 0 Å². The van der Waals surface area contributed by atoms with Gasteiger partial charge in [-0.1, -0.05) is 55.8 Å². The molecule has 2 aromatic rings. The first-order valence-corrected chi connectivity index (χ1v) is 18.1. The minimum Gasteiger partial charge on any atom is -0.393 e. The van der Waals surface area contributed by atoms with Crippen molar-refractivity contribution in [3.8, 4) is 0 Å². The molecule has 5 nitrogen and oxygen atoms in total. The van der Waals surface area contributed by atoms with Crippen LogP contribution in [-0.4, -0.2) is 57.3 Å². The van der Waals surface area contributed by atoms with Crippen molar-refractivity contribution in [2.24, 2.45) is 33.5 Å². The maximum absolute atomic E-state index is 14.6. The number of aliphatic hydroxyl groups is 3. The van der Waals surface area contributed by atoms with Crippen LogP contribution in [0.4, 0.5) is 8.78 Å². The van der Waals surface area contributed by atoms with Gasteiger partial charge in [0.15, 0.2) is 17.4 Å². The van der Waals surface area contributed by atoms with Gasteiger partial charge in [-0.2, -0.15) is 0 Å². The van der Waals surface area contributed by atoms with Gasteiger partial charge in [-0.25, -0.2) is 8.78 Å². The van der Waals surface area contributed by atoms with Crippen LogP contribution in [0.1, 0.15) is 87.6 Å². The summed E-state index contributed by atoms with van der Waals surface area (Å²) in [5.41, 5.74) is -2.19. The lowest BCUT2D eigenvalue weighted by molar-refractivity contribution is -0.178. The number of ketones is 1. The number of piperidine rings is 1. The van der Waals surface area contributed by atoms with Crippen molar-refractivity contribution in [2.75, 3.05) is 19.6 Å². The van der Waals surface area contributed by atoms with E-state index in [2.05, 4.69) is 37.0 Å². The number of fused-ring (bicyclic) bond motifs is 1. The molecule has 8 heteroatoms.